The highest BCUT2D eigenvalue weighted by Crippen LogP contribution is 2.33. The Morgan fingerprint density at radius 3 is 2.31 bits per heavy atom. The van der Waals surface area contributed by atoms with E-state index < -0.39 is 11.9 Å². The van der Waals surface area contributed by atoms with Crippen LogP contribution in [0.3, 0.4) is 0 Å². The molecule has 0 unspecified atom stereocenters. The van der Waals surface area contributed by atoms with E-state index in [1.54, 1.807) is 43.5 Å². The number of para-hydroxylation sites is 1. The van der Waals surface area contributed by atoms with Crippen molar-refractivity contribution in [2.24, 2.45) is 0 Å². The molecule has 4 aromatic rings. The molecule has 0 aliphatic heterocycles. The Morgan fingerprint density at radius 2 is 1.64 bits per heavy atom. The zero-order valence-corrected chi connectivity index (χ0v) is 21.4. The molecule has 0 saturated carbocycles. The molecule has 3 aromatic carbocycles. The molecule has 36 heavy (non-hydrogen) atoms. The molecule has 0 radical (unpaired) electrons. The fraction of sp³-hybridized carbons (Fsp3) is 0.148. The van der Waals surface area contributed by atoms with E-state index >= 15 is 0 Å². The number of hydrogen-bond donors (Lipinski definition) is 0. The lowest BCUT2D eigenvalue weighted by atomic mass is 10.0. The Kier molecular flexibility index (Phi) is 7.70. The van der Waals surface area contributed by atoms with Gasteiger partial charge in [-0.2, -0.15) is 5.10 Å². The minimum Gasteiger partial charge on any atom is -0.496 e. The van der Waals surface area contributed by atoms with Gasteiger partial charge >= 0.3 is 11.9 Å². The number of ether oxygens (including phenoxy) is 4. The number of methoxy groups -OCH3 is 3. The second kappa shape index (κ2) is 11.1. The SMILES string of the molecule is COC(=O)c1c(-c2ccc(OC)c(COc3cccc(Br)c3)c2)nn(-c2ccccc2)c1C(=O)OC. The standard InChI is InChI=1S/C27H23BrN2O6/c1-33-22-13-12-17(14-18(22)16-36-21-11-7-8-19(28)15-21)24-23(26(31)34-2)25(27(32)35-3)30(29-24)20-9-5-4-6-10-20/h4-15H,16H2,1-3H3. The summed E-state index contributed by atoms with van der Waals surface area (Å²) < 4.78 is 23.8. The molecule has 0 saturated heterocycles. The van der Waals surface area contributed by atoms with Crippen LogP contribution < -0.4 is 9.47 Å². The molecule has 0 aliphatic rings. The molecular weight excluding hydrogens is 528 g/mol. The highest BCUT2D eigenvalue weighted by molar-refractivity contribution is 9.10. The summed E-state index contributed by atoms with van der Waals surface area (Å²) in [7, 11) is 4.06. The lowest BCUT2D eigenvalue weighted by molar-refractivity contribution is 0.0549. The molecule has 1 aromatic heterocycles. The predicted octanol–water partition coefficient (Wildman–Crippen LogP) is 5.46. The number of halogens is 1. The molecule has 4 rings (SSSR count). The largest absolute Gasteiger partial charge is 0.496 e. The maximum atomic E-state index is 12.9. The van der Waals surface area contributed by atoms with Crippen LogP contribution >= 0.6 is 15.9 Å². The summed E-state index contributed by atoms with van der Waals surface area (Å²) in [5.41, 5.74) is 2.10. The normalized spacial score (nSPS) is 10.6. The maximum absolute atomic E-state index is 12.9. The number of esters is 2. The van der Waals surface area contributed by atoms with E-state index in [1.165, 1.54) is 18.9 Å². The van der Waals surface area contributed by atoms with Crippen molar-refractivity contribution < 1.29 is 28.5 Å². The Bertz CT molecular complexity index is 1400. The zero-order valence-electron chi connectivity index (χ0n) is 19.9. The second-order valence-electron chi connectivity index (χ2n) is 7.58. The molecule has 0 spiro atoms. The van der Waals surface area contributed by atoms with Gasteiger partial charge in [-0.15, -0.1) is 0 Å². The number of hydrogen-bond acceptors (Lipinski definition) is 7. The first-order valence-corrected chi connectivity index (χ1v) is 11.7. The van der Waals surface area contributed by atoms with Crippen LogP contribution in [0.25, 0.3) is 16.9 Å². The summed E-state index contributed by atoms with van der Waals surface area (Å²) in [5.74, 6) is -0.155. The third kappa shape index (κ3) is 5.11. The third-order valence-electron chi connectivity index (χ3n) is 5.40. The summed E-state index contributed by atoms with van der Waals surface area (Å²) >= 11 is 3.44. The van der Waals surface area contributed by atoms with Crippen molar-refractivity contribution in [3.05, 3.63) is 94.1 Å². The van der Waals surface area contributed by atoms with E-state index in [-0.39, 0.29) is 23.6 Å². The molecule has 9 heteroatoms. The van der Waals surface area contributed by atoms with Gasteiger partial charge in [0.25, 0.3) is 0 Å². The smallest absolute Gasteiger partial charge is 0.357 e. The second-order valence-corrected chi connectivity index (χ2v) is 8.49. The van der Waals surface area contributed by atoms with Crippen molar-refractivity contribution in [3.63, 3.8) is 0 Å². The van der Waals surface area contributed by atoms with Gasteiger partial charge in [0.2, 0.25) is 0 Å². The Labute approximate surface area is 216 Å². The molecule has 8 nitrogen and oxygen atoms in total. The fourth-order valence-electron chi connectivity index (χ4n) is 3.71. The van der Waals surface area contributed by atoms with E-state index in [0.29, 0.717) is 22.7 Å². The van der Waals surface area contributed by atoms with E-state index in [0.717, 1.165) is 10.0 Å². The molecule has 0 bridgehead atoms. The maximum Gasteiger partial charge on any atom is 0.357 e. The molecule has 1 heterocycles. The fourth-order valence-corrected chi connectivity index (χ4v) is 4.09. The summed E-state index contributed by atoms with van der Waals surface area (Å²) in [6.07, 6.45) is 0. The minimum absolute atomic E-state index is 0.00257. The minimum atomic E-state index is -0.718. The van der Waals surface area contributed by atoms with E-state index in [9.17, 15) is 9.59 Å². The number of rotatable bonds is 8. The number of aromatic nitrogens is 2. The van der Waals surface area contributed by atoms with Crippen LogP contribution in [0.15, 0.2) is 77.3 Å². The molecule has 0 aliphatic carbocycles. The van der Waals surface area contributed by atoms with Gasteiger partial charge in [-0.05, 0) is 48.5 Å². The molecule has 0 amide bonds. The summed E-state index contributed by atoms with van der Waals surface area (Å²) in [4.78, 5) is 25.7. The van der Waals surface area contributed by atoms with Gasteiger partial charge in [-0.3, -0.25) is 0 Å². The summed E-state index contributed by atoms with van der Waals surface area (Å²) in [6.45, 7) is 0.199. The van der Waals surface area contributed by atoms with E-state index in [1.807, 2.05) is 36.4 Å². The predicted molar refractivity (Wildman–Crippen MR) is 137 cm³/mol. The molecule has 0 fully saturated rings. The van der Waals surface area contributed by atoms with Crippen LogP contribution in [0.5, 0.6) is 11.5 Å². The number of nitrogens with zero attached hydrogens (tertiary/aromatic N) is 2. The van der Waals surface area contributed by atoms with Crippen molar-refractivity contribution >= 4 is 27.9 Å². The zero-order chi connectivity index (χ0) is 25.7. The van der Waals surface area contributed by atoms with Crippen LogP contribution in [-0.4, -0.2) is 43.0 Å². The summed E-state index contributed by atoms with van der Waals surface area (Å²) in [6, 6.07) is 21.8. The van der Waals surface area contributed by atoms with Crippen LogP contribution in [0, 0.1) is 0 Å². The summed E-state index contributed by atoms with van der Waals surface area (Å²) in [5, 5.41) is 4.64. The van der Waals surface area contributed by atoms with Crippen molar-refractivity contribution in [1.29, 1.82) is 0 Å². The van der Waals surface area contributed by atoms with Gasteiger partial charge in [0.15, 0.2) is 5.69 Å². The topological polar surface area (TPSA) is 88.9 Å². The monoisotopic (exact) mass is 550 g/mol. The van der Waals surface area contributed by atoms with Gasteiger partial charge in [0.05, 0.1) is 27.0 Å². The van der Waals surface area contributed by atoms with Crippen LogP contribution in [-0.2, 0) is 16.1 Å². The van der Waals surface area contributed by atoms with Gasteiger partial charge < -0.3 is 18.9 Å². The lowest BCUT2D eigenvalue weighted by Gasteiger charge is -2.12. The van der Waals surface area contributed by atoms with Gasteiger partial charge in [-0.25, -0.2) is 14.3 Å². The number of carbonyl (C=O) groups excluding carboxylic acids is 2. The van der Waals surface area contributed by atoms with Crippen molar-refractivity contribution in [2.75, 3.05) is 21.3 Å². The van der Waals surface area contributed by atoms with Crippen molar-refractivity contribution in [3.8, 4) is 28.4 Å². The first kappa shape index (κ1) is 25.0. The quantitative estimate of drug-likeness (QED) is 0.269. The molecule has 0 atom stereocenters. The molecule has 184 valence electrons. The Hall–Kier alpha value is -4.11. The average molecular weight is 551 g/mol. The average Bonchev–Trinajstić information content (AvgIpc) is 3.32. The third-order valence-corrected chi connectivity index (χ3v) is 5.89. The first-order valence-electron chi connectivity index (χ1n) is 10.9. The first-order chi connectivity index (χ1) is 17.5. The van der Waals surface area contributed by atoms with E-state index in [4.69, 9.17) is 18.9 Å². The number of benzene rings is 3. The Morgan fingerprint density at radius 1 is 0.889 bits per heavy atom. The number of carbonyl (C=O) groups is 2. The highest BCUT2D eigenvalue weighted by atomic mass is 79.9. The lowest BCUT2D eigenvalue weighted by Crippen LogP contribution is -2.15. The van der Waals surface area contributed by atoms with Crippen molar-refractivity contribution in [1.82, 2.24) is 9.78 Å². The van der Waals surface area contributed by atoms with Gasteiger partial charge in [-0.1, -0.05) is 40.2 Å². The van der Waals surface area contributed by atoms with Crippen molar-refractivity contribution in [2.45, 2.75) is 6.61 Å². The van der Waals surface area contributed by atoms with Crippen LogP contribution in [0.4, 0.5) is 0 Å². The van der Waals surface area contributed by atoms with Gasteiger partial charge in [0, 0.05) is 15.6 Å². The Balaban J connectivity index is 1.85. The molecular formula is C27H23BrN2O6. The molecule has 0 N–H and O–H groups in total. The van der Waals surface area contributed by atoms with Crippen LogP contribution in [0.1, 0.15) is 26.4 Å². The van der Waals surface area contributed by atoms with Gasteiger partial charge in [0.1, 0.15) is 29.4 Å². The highest BCUT2D eigenvalue weighted by Gasteiger charge is 2.31. The van der Waals surface area contributed by atoms with E-state index in [2.05, 4.69) is 21.0 Å². The van der Waals surface area contributed by atoms with Crippen LogP contribution in [0.2, 0.25) is 0 Å².